The highest BCUT2D eigenvalue weighted by atomic mass is 28.3. The third kappa shape index (κ3) is 5.06. The average molecular weight is 369 g/mol. The molecule has 2 atom stereocenters. The zero-order chi connectivity index (χ0) is 18.2. The molecule has 3 rings (SSSR count). The van der Waals surface area contributed by atoms with Gasteiger partial charge in [0.2, 0.25) is 0 Å². The molecule has 0 unspecified atom stereocenters. The molecule has 2 aromatic carbocycles. The van der Waals surface area contributed by atoms with Gasteiger partial charge in [0.05, 0.1) is 20.8 Å². The van der Waals surface area contributed by atoms with Gasteiger partial charge >= 0.3 is 0 Å². The molecule has 2 aromatic rings. The van der Waals surface area contributed by atoms with Crippen LogP contribution in [0.2, 0.25) is 18.6 Å². The van der Waals surface area contributed by atoms with Crippen LogP contribution >= 0.6 is 0 Å². The van der Waals surface area contributed by atoms with Gasteiger partial charge in [0.15, 0.2) is 0 Å². The van der Waals surface area contributed by atoms with E-state index in [4.69, 9.17) is 9.47 Å². The SMILES string of the molecule is C[Si](C)(c1ccccc1)[C@H]1CCCO[C@@H]1CCCOCc1ccccc1. The standard InChI is InChI=1S/C23H32O2Si/c1-26(2,21-13-7-4-8-14-21)23-16-10-18-25-22(23)15-9-17-24-19-20-11-5-3-6-12-20/h3-8,11-14,22-23H,9-10,15-19H2,1-2H3/t22-,23+/m1/s1. The summed E-state index contributed by atoms with van der Waals surface area (Å²) in [6.07, 6.45) is 5.10. The highest BCUT2D eigenvalue weighted by molar-refractivity contribution is 6.91. The first-order valence-electron chi connectivity index (χ1n) is 9.97. The molecule has 140 valence electrons. The monoisotopic (exact) mass is 368 g/mol. The van der Waals surface area contributed by atoms with Crippen molar-refractivity contribution in [1.82, 2.24) is 0 Å². The Morgan fingerprint density at radius 1 is 1.00 bits per heavy atom. The summed E-state index contributed by atoms with van der Waals surface area (Å²) in [4.78, 5) is 0. The molecule has 0 spiro atoms. The van der Waals surface area contributed by atoms with Crippen molar-refractivity contribution >= 4 is 13.3 Å². The van der Waals surface area contributed by atoms with Crippen LogP contribution in [0.5, 0.6) is 0 Å². The van der Waals surface area contributed by atoms with Crippen LogP contribution in [0.3, 0.4) is 0 Å². The molecular formula is C23H32O2Si. The molecule has 3 heteroatoms. The summed E-state index contributed by atoms with van der Waals surface area (Å²) in [7, 11) is -1.53. The lowest BCUT2D eigenvalue weighted by molar-refractivity contribution is 0.00269. The lowest BCUT2D eigenvalue weighted by Crippen LogP contribution is -2.51. The number of ether oxygens (including phenoxy) is 2. The Bertz CT molecular complexity index is 642. The van der Waals surface area contributed by atoms with E-state index < -0.39 is 8.07 Å². The molecule has 1 aliphatic rings. The second-order valence-corrected chi connectivity index (χ2v) is 12.7. The van der Waals surface area contributed by atoms with E-state index in [9.17, 15) is 0 Å². The summed E-state index contributed by atoms with van der Waals surface area (Å²) in [5.74, 6) is 0. The van der Waals surface area contributed by atoms with E-state index in [0.29, 0.717) is 18.3 Å². The molecule has 0 bridgehead atoms. The molecule has 0 N–H and O–H groups in total. The fourth-order valence-corrected chi connectivity index (χ4v) is 7.78. The van der Waals surface area contributed by atoms with Crippen LogP contribution in [0.4, 0.5) is 0 Å². The maximum absolute atomic E-state index is 6.24. The molecule has 0 amide bonds. The van der Waals surface area contributed by atoms with Crippen molar-refractivity contribution in [2.24, 2.45) is 0 Å². The predicted octanol–water partition coefficient (Wildman–Crippen LogP) is 5.15. The van der Waals surface area contributed by atoms with Crippen molar-refractivity contribution in [2.45, 2.75) is 57.0 Å². The Morgan fingerprint density at radius 2 is 1.69 bits per heavy atom. The fraction of sp³-hybridized carbons (Fsp3) is 0.478. The van der Waals surface area contributed by atoms with Crippen LogP contribution in [0.25, 0.3) is 0 Å². The van der Waals surface area contributed by atoms with Gasteiger partial charge in [0.25, 0.3) is 0 Å². The summed E-state index contributed by atoms with van der Waals surface area (Å²) in [5.41, 5.74) is 1.95. The lowest BCUT2D eigenvalue weighted by atomic mass is 10.0. The number of hydrogen-bond donors (Lipinski definition) is 0. The molecule has 1 saturated heterocycles. The molecule has 0 radical (unpaired) electrons. The fourth-order valence-electron chi connectivity index (χ4n) is 4.18. The second-order valence-electron chi connectivity index (χ2n) is 7.93. The van der Waals surface area contributed by atoms with E-state index in [-0.39, 0.29) is 0 Å². The van der Waals surface area contributed by atoms with Gasteiger partial charge in [0, 0.05) is 13.2 Å². The molecule has 0 aliphatic carbocycles. The molecule has 0 saturated carbocycles. The van der Waals surface area contributed by atoms with Crippen LogP contribution < -0.4 is 5.19 Å². The minimum atomic E-state index is -1.53. The van der Waals surface area contributed by atoms with Gasteiger partial charge in [0.1, 0.15) is 0 Å². The molecule has 26 heavy (non-hydrogen) atoms. The third-order valence-electron chi connectivity index (χ3n) is 5.77. The highest BCUT2D eigenvalue weighted by Gasteiger charge is 2.40. The van der Waals surface area contributed by atoms with Crippen LogP contribution in [0, 0.1) is 0 Å². The van der Waals surface area contributed by atoms with E-state index in [1.165, 1.54) is 18.4 Å². The van der Waals surface area contributed by atoms with Crippen LogP contribution in [-0.4, -0.2) is 27.4 Å². The summed E-state index contributed by atoms with van der Waals surface area (Å²) < 4.78 is 12.1. The van der Waals surface area contributed by atoms with Crippen molar-refractivity contribution in [3.05, 3.63) is 66.2 Å². The Kier molecular flexibility index (Phi) is 7.06. The number of hydrogen-bond acceptors (Lipinski definition) is 2. The first kappa shape index (κ1) is 19.3. The van der Waals surface area contributed by atoms with Crippen LogP contribution in [0.1, 0.15) is 31.2 Å². The summed E-state index contributed by atoms with van der Waals surface area (Å²) in [5, 5.41) is 1.56. The van der Waals surface area contributed by atoms with Gasteiger partial charge in [-0.3, -0.25) is 0 Å². The van der Waals surface area contributed by atoms with Gasteiger partial charge in [-0.1, -0.05) is 78.9 Å². The van der Waals surface area contributed by atoms with E-state index in [0.717, 1.165) is 26.1 Å². The number of rotatable bonds is 8. The second kappa shape index (κ2) is 9.49. The van der Waals surface area contributed by atoms with Crippen molar-refractivity contribution in [3.63, 3.8) is 0 Å². The number of benzene rings is 2. The normalized spacial score (nSPS) is 20.8. The molecule has 0 aromatic heterocycles. The van der Waals surface area contributed by atoms with Crippen molar-refractivity contribution in [3.8, 4) is 0 Å². The quantitative estimate of drug-likeness (QED) is 0.474. The Balaban J connectivity index is 1.51. The third-order valence-corrected chi connectivity index (χ3v) is 10.1. The van der Waals surface area contributed by atoms with Gasteiger partial charge in [-0.05, 0) is 36.8 Å². The Hall–Kier alpha value is -1.42. The van der Waals surface area contributed by atoms with Crippen molar-refractivity contribution in [1.29, 1.82) is 0 Å². The van der Waals surface area contributed by atoms with Gasteiger partial charge in [-0.15, -0.1) is 0 Å². The van der Waals surface area contributed by atoms with Gasteiger partial charge in [-0.2, -0.15) is 0 Å². The average Bonchev–Trinajstić information content (AvgIpc) is 2.69. The maximum atomic E-state index is 6.24. The minimum absolute atomic E-state index is 0.394. The van der Waals surface area contributed by atoms with E-state index >= 15 is 0 Å². The molecular weight excluding hydrogens is 336 g/mol. The van der Waals surface area contributed by atoms with E-state index in [1.807, 2.05) is 6.07 Å². The zero-order valence-electron chi connectivity index (χ0n) is 16.2. The first-order valence-corrected chi connectivity index (χ1v) is 13.0. The summed E-state index contributed by atoms with van der Waals surface area (Å²) in [6.45, 7) is 7.47. The molecule has 1 aliphatic heterocycles. The highest BCUT2D eigenvalue weighted by Crippen LogP contribution is 2.37. The Morgan fingerprint density at radius 3 is 2.42 bits per heavy atom. The van der Waals surface area contributed by atoms with Crippen molar-refractivity contribution in [2.75, 3.05) is 13.2 Å². The summed E-state index contributed by atoms with van der Waals surface area (Å²) in [6, 6.07) is 21.5. The first-order chi connectivity index (χ1) is 12.7. The molecule has 1 fully saturated rings. The van der Waals surface area contributed by atoms with Crippen LogP contribution in [0.15, 0.2) is 60.7 Å². The minimum Gasteiger partial charge on any atom is -0.378 e. The van der Waals surface area contributed by atoms with Gasteiger partial charge < -0.3 is 9.47 Å². The topological polar surface area (TPSA) is 18.5 Å². The van der Waals surface area contributed by atoms with Gasteiger partial charge in [-0.25, -0.2) is 0 Å². The Labute approximate surface area is 159 Å². The molecule has 2 nitrogen and oxygen atoms in total. The zero-order valence-corrected chi connectivity index (χ0v) is 17.2. The smallest absolute Gasteiger partial charge is 0.0862 e. The lowest BCUT2D eigenvalue weighted by Gasteiger charge is -2.41. The maximum Gasteiger partial charge on any atom is 0.0862 e. The van der Waals surface area contributed by atoms with E-state index in [1.54, 1.807) is 5.19 Å². The largest absolute Gasteiger partial charge is 0.378 e. The predicted molar refractivity (Wildman–Crippen MR) is 112 cm³/mol. The molecule has 1 heterocycles. The van der Waals surface area contributed by atoms with Crippen LogP contribution in [-0.2, 0) is 16.1 Å². The van der Waals surface area contributed by atoms with E-state index in [2.05, 4.69) is 67.7 Å². The van der Waals surface area contributed by atoms with Crippen molar-refractivity contribution < 1.29 is 9.47 Å². The summed E-state index contributed by atoms with van der Waals surface area (Å²) >= 11 is 0.